The molecule has 1 fully saturated rings. The first kappa shape index (κ1) is 23.3. The molecule has 0 aromatic carbocycles. The number of fused-ring (bicyclic) bond motifs is 1. The molecule has 0 bridgehead atoms. The highest BCUT2D eigenvalue weighted by Gasteiger charge is 2.38. The molecule has 31 heavy (non-hydrogen) atoms. The van der Waals surface area contributed by atoms with Gasteiger partial charge in [-0.1, -0.05) is 0 Å². The summed E-state index contributed by atoms with van der Waals surface area (Å²) in [6, 6.07) is 0. The van der Waals surface area contributed by atoms with Crippen LogP contribution in [0.4, 0.5) is 13.2 Å². The molecule has 3 heterocycles. The van der Waals surface area contributed by atoms with Crippen molar-refractivity contribution in [1.29, 1.82) is 0 Å². The van der Waals surface area contributed by atoms with Gasteiger partial charge in [0.1, 0.15) is 0 Å². The lowest BCUT2D eigenvalue weighted by atomic mass is 9.95. The molecule has 2 aromatic rings. The Balaban J connectivity index is 0.000000339. The third kappa shape index (κ3) is 6.79. The monoisotopic (exact) mass is 443 g/mol. The number of alkyl halides is 3. The van der Waals surface area contributed by atoms with Crippen molar-refractivity contribution in [2.45, 2.75) is 51.5 Å². The Kier molecular flexibility index (Phi) is 7.37. The molecule has 0 radical (unpaired) electrons. The number of ether oxygens (including phenoxy) is 1. The van der Waals surface area contributed by atoms with Crippen LogP contribution in [-0.4, -0.2) is 61.5 Å². The van der Waals surface area contributed by atoms with Gasteiger partial charge in [-0.05, 0) is 25.7 Å². The molecular weight excluding hydrogens is 415 g/mol. The average molecular weight is 443 g/mol. The van der Waals surface area contributed by atoms with Crippen molar-refractivity contribution in [3.05, 3.63) is 35.4 Å². The summed E-state index contributed by atoms with van der Waals surface area (Å²) in [6.07, 6.45) is 3.88. The van der Waals surface area contributed by atoms with E-state index in [9.17, 15) is 13.2 Å². The first-order valence-corrected chi connectivity index (χ1v) is 10.3. The van der Waals surface area contributed by atoms with Crippen LogP contribution in [0.2, 0.25) is 0 Å². The van der Waals surface area contributed by atoms with Crippen molar-refractivity contribution >= 4 is 5.97 Å². The zero-order valence-corrected chi connectivity index (χ0v) is 17.7. The number of rotatable bonds is 7. The van der Waals surface area contributed by atoms with E-state index in [4.69, 9.17) is 19.7 Å². The second-order valence-corrected chi connectivity index (χ2v) is 8.06. The number of carboxylic acids is 1. The van der Waals surface area contributed by atoms with Gasteiger partial charge in [-0.3, -0.25) is 14.3 Å². The van der Waals surface area contributed by atoms with Gasteiger partial charge in [0.25, 0.3) is 0 Å². The van der Waals surface area contributed by atoms with E-state index in [1.807, 2.05) is 17.9 Å². The number of carboxylic acid groups (broad SMARTS) is 1. The number of carbonyl (C=O) groups is 1. The standard InChI is InChI=1S/C18H27N5O.C2HF3O2/c1-3-23-10-17-16(13-24-12-14-4-5-14)9-22(11-18(17)20-23)8-15-6-19-21(2)7-15;3-2(4,5)1(6)7/h6-7,10,14,16H,3-5,8-9,11-13H2,1-2H3;(H,6,7). The summed E-state index contributed by atoms with van der Waals surface area (Å²) in [5.41, 5.74) is 3.86. The van der Waals surface area contributed by atoms with Gasteiger partial charge in [-0.25, -0.2) is 4.79 Å². The summed E-state index contributed by atoms with van der Waals surface area (Å²) < 4.78 is 41.7. The highest BCUT2D eigenvalue weighted by molar-refractivity contribution is 5.73. The van der Waals surface area contributed by atoms with Gasteiger partial charge < -0.3 is 9.84 Å². The van der Waals surface area contributed by atoms with Crippen LogP contribution in [0.15, 0.2) is 18.6 Å². The first-order chi connectivity index (χ1) is 14.7. The van der Waals surface area contributed by atoms with Crippen LogP contribution in [-0.2, 0) is 36.2 Å². The number of hydrogen-bond acceptors (Lipinski definition) is 5. The number of aliphatic carboxylic acids is 1. The molecule has 1 atom stereocenters. The van der Waals surface area contributed by atoms with Crippen LogP contribution < -0.4 is 0 Å². The van der Waals surface area contributed by atoms with Crippen LogP contribution in [0.25, 0.3) is 0 Å². The van der Waals surface area contributed by atoms with E-state index in [1.165, 1.54) is 29.7 Å². The predicted octanol–water partition coefficient (Wildman–Crippen LogP) is 2.80. The topological polar surface area (TPSA) is 85.4 Å². The number of halogens is 3. The summed E-state index contributed by atoms with van der Waals surface area (Å²) in [7, 11) is 1.97. The van der Waals surface area contributed by atoms with Gasteiger partial charge in [-0.15, -0.1) is 0 Å². The first-order valence-electron chi connectivity index (χ1n) is 10.3. The molecule has 0 amide bonds. The van der Waals surface area contributed by atoms with Gasteiger partial charge in [0.2, 0.25) is 0 Å². The van der Waals surface area contributed by atoms with Gasteiger partial charge >= 0.3 is 12.1 Å². The predicted molar refractivity (Wildman–Crippen MR) is 105 cm³/mol. The van der Waals surface area contributed by atoms with Crippen LogP contribution in [0.1, 0.15) is 42.5 Å². The third-order valence-corrected chi connectivity index (χ3v) is 5.26. The molecule has 2 aliphatic rings. The lowest BCUT2D eigenvalue weighted by Crippen LogP contribution is -2.34. The van der Waals surface area contributed by atoms with Gasteiger partial charge in [0.05, 0.1) is 18.5 Å². The minimum atomic E-state index is -5.08. The molecule has 4 rings (SSSR count). The smallest absolute Gasteiger partial charge is 0.475 e. The fraction of sp³-hybridized carbons (Fsp3) is 0.650. The molecule has 1 unspecified atom stereocenters. The van der Waals surface area contributed by atoms with Crippen LogP contribution in [0.3, 0.4) is 0 Å². The zero-order chi connectivity index (χ0) is 22.6. The summed E-state index contributed by atoms with van der Waals surface area (Å²) in [5, 5.41) is 16.2. The zero-order valence-electron chi connectivity index (χ0n) is 17.7. The Labute approximate surface area is 178 Å². The van der Waals surface area contributed by atoms with E-state index in [-0.39, 0.29) is 0 Å². The molecule has 1 saturated carbocycles. The molecule has 11 heteroatoms. The minimum Gasteiger partial charge on any atom is -0.475 e. The Morgan fingerprint density at radius 1 is 1.29 bits per heavy atom. The maximum atomic E-state index is 10.6. The minimum absolute atomic E-state index is 0.421. The van der Waals surface area contributed by atoms with E-state index in [1.54, 1.807) is 0 Å². The second kappa shape index (κ2) is 9.82. The van der Waals surface area contributed by atoms with Crippen molar-refractivity contribution in [3.8, 4) is 0 Å². The van der Waals surface area contributed by atoms with Gasteiger partial charge in [0, 0.05) is 69.3 Å². The van der Waals surface area contributed by atoms with E-state index >= 15 is 0 Å². The van der Waals surface area contributed by atoms with Gasteiger partial charge in [0.15, 0.2) is 0 Å². The Morgan fingerprint density at radius 2 is 2.00 bits per heavy atom. The molecular formula is C20H28F3N5O3. The SMILES string of the molecule is CCn1cc2c(n1)CN(Cc1cnn(C)c1)CC2COCC1CC1.O=C(O)C(F)(F)F. The molecule has 2 aromatic heterocycles. The van der Waals surface area contributed by atoms with Gasteiger partial charge in [-0.2, -0.15) is 23.4 Å². The maximum absolute atomic E-state index is 10.6. The molecule has 0 spiro atoms. The molecule has 1 N–H and O–H groups in total. The summed E-state index contributed by atoms with van der Waals surface area (Å²) in [6.45, 7) is 7.66. The van der Waals surface area contributed by atoms with E-state index < -0.39 is 12.1 Å². The van der Waals surface area contributed by atoms with Crippen molar-refractivity contribution < 1.29 is 27.8 Å². The van der Waals surface area contributed by atoms with E-state index in [0.29, 0.717) is 5.92 Å². The molecule has 172 valence electrons. The van der Waals surface area contributed by atoms with Crippen molar-refractivity contribution in [3.63, 3.8) is 0 Å². The lowest BCUT2D eigenvalue weighted by molar-refractivity contribution is -0.192. The summed E-state index contributed by atoms with van der Waals surface area (Å²) in [5.74, 6) is -1.52. The quantitative estimate of drug-likeness (QED) is 0.708. The average Bonchev–Trinajstić information content (AvgIpc) is 3.27. The fourth-order valence-electron chi connectivity index (χ4n) is 3.53. The summed E-state index contributed by atoms with van der Waals surface area (Å²) in [4.78, 5) is 11.4. The third-order valence-electron chi connectivity index (χ3n) is 5.26. The number of hydrogen-bond donors (Lipinski definition) is 1. The summed E-state index contributed by atoms with van der Waals surface area (Å²) >= 11 is 0. The molecule has 1 aliphatic carbocycles. The Morgan fingerprint density at radius 3 is 2.55 bits per heavy atom. The number of aromatic nitrogens is 4. The fourth-order valence-corrected chi connectivity index (χ4v) is 3.53. The van der Waals surface area contributed by atoms with Crippen molar-refractivity contribution in [2.24, 2.45) is 13.0 Å². The second-order valence-electron chi connectivity index (χ2n) is 8.06. The number of nitrogens with zero attached hydrogens (tertiary/aromatic N) is 5. The largest absolute Gasteiger partial charge is 0.490 e. The van der Waals surface area contributed by atoms with Crippen molar-refractivity contribution in [2.75, 3.05) is 19.8 Å². The van der Waals surface area contributed by atoms with E-state index in [2.05, 4.69) is 34.0 Å². The number of aryl methyl sites for hydroxylation is 2. The highest BCUT2D eigenvalue weighted by atomic mass is 19.4. The molecule has 1 aliphatic heterocycles. The Bertz CT molecular complexity index is 876. The van der Waals surface area contributed by atoms with E-state index in [0.717, 1.165) is 45.3 Å². The lowest BCUT2D eigenvalue weighted by Gasteiger charge is -2.31. The van der Waals surface area contributed by atoms with Crippen molar-refractivity contribution in [1.82, 2.24) is 24.5 Å². The molecule has 0 saturated heterocycles. The van der Waals surface area contributed by atoms with Crippen LogP contribution in [0, 0.1) is 5.92 Å². The van der Waals surface area contributed by atoms with Crippen LogP contribution in [0.5, 0.6) is 0 Å². The molecule has 8 nitrogen and oxygen atoms in total. The highest BCUT2D eigenvalue weighted by Crippen LogP contribution is 2.32. The normalized spacial score (nSPS) is 18.9. The Hall–Kier alpha value is -2.40. The van der Waals surface area contributed by atoms with Crippen LogP contribution >= 0.6 is 0 Å². The maximum Gasteiger partial charge on any atom is 0.490 e.